The van der Waals surface area contributed by atoms with Crippen LogP contribution in [0.1, 0.15) is 38.4 Å². The minimum absolute atomic E-state index is 0.0299. The van der Waals surface area contributed by atoms with Gasteiger partial charge in [0.05, 0.1) is 5.69 Å². The van der Waals surface area contributed by atoms with Crippen LogP contribution in [0.3, 0.4) is 0 Å². The molecule has 1 atom stereocenters. The van der Waals surface area contributed by atoms with E-state index in [9.17, 15) is 4.79 Å². The van der Waals surface area contributed by atoms with Gasteiger partial charge in [-0.05, 0) is 36.7 Å². The van der Waals surface area contributed by atoms with Crippen LogP contribution in [0.5, 0.6) is 0 Å². The summed E-state index contributed by atoms with van der Waals surface area (Å²) in [6.45, 7) is 4.71. The summed E-state index contributed by atoms with van der Waals surface area (Å²) in [4.78, 5) is 16.9. The Morgan fingerprint density at radius 2 is 2.25 bits per heavy atom. The highest BCUT2D eigenvalue weighted by atomic mass is 32.2. The molecule has 0 aliphatic carbocycles. The third-order valence-electron chi connectivity index (χ3n) is 2.96. The standard InChI is InChI=1S/C13H19N5OS/c1-3-7-18-12(19)16-17-13(18)20-9-5-6-11(15-8-9)10(14)4-2/h5-6,8,10H,3-4,7,14H2,1-2H3,(H,16,19)/t10-/m0/s1. The largest absolute Gasteiger partial charge is 0.343 e. The average Bonchev–Trinajstić information content (AvgIpc) is 2.81. The number of nitrogens with two attached hydrogens (primary N) is 1. The van der Waals surface area contributed by atoms with E-state index in [0.29, 0.717) is 11.7 Å². The van der Waals surface area contributed by atoms with Gasteiger partial charge in [-0.3, -0.25) is 9.55 Å². The summed E-state index contributed by atoms with van der Waals surface area (Å²) < 4.78 is 1.64. The van der Waals surface area contributed by atoms with Gasteiger partial charge in [-0.15, -0.1) is 5.10 Å². The first-order valence-corrected chi connectivity index (χ1v) is 7.52. The van der Waals surface area contributed by atoms with Crippen molar-refractivity contribution in [1.29, 1.82) is 0 Å². The van der Waals surface area contributed by atoms with Gasteiger partial charge in [-0.1, -0.05) is 13.8 Å². The molecular weight excluding hydrogens is 274 g/mol. The van der Waals surface area contributed by atoms with Gasteiger partial charge in [0.2, 0.25) is 0 Å². The molecule has 2 rings (SSSR count). The molecule has 0 fully saturated rings. The third-order valence-corrected chi connectivity index (χ3v) is 3.93. The number of H-pyrrole nitrogens is 1. The van der Waals surface area contributed by atoms with Gasteiger partial charge in [-0.2, -0.15) is 0 Å². The summed E-state index contributed by atoms with van der Waals surface area (Å²) in [7, 11) is 0. The molecule has 0 radical (unpaired) electrons. The number of nitrogens with one attached hydrogen (secondary N) is 1. The van der Waals surface area contributed by atoms with E-state index in [1.165, 1.54) is 11.8 Å². The fourth-order valence-corrected chi connectivity index (χ4v) is 2.62. The lowest BCUT2D eigenvalue weighted by molar-refractivity contribution is 0.604. The van der Waals surface area contributed by atoms with Crippen molar-refractivity contribution in [3.8, 4) is 0 Å². The van der Waals surface area contributed by atoms with Gasteiger partial charge in [0.15, 0.2) is 5.16 Å². The molecule has 2 aromatic rings. The Morgan fingerprint density at radius 1 is 1.45 bits per heavy atom. The maximum absolute atomic E-state index is 11.6. The molecule has 3 N–H and O–H groups in total. The van der Waals surface area contributed by atoms with E-state index in [1.54, 1.807) is 10.8 Å². The van der Waals surface area contributed by atoms with Gasteiger partial charge >= 0.3 is 5.69 Å². The van der Waals surface area contributed by atoms with Crippen molar-refractivity contribution < 1.29 is 0 Å². The van der Waals surface area contributed by atoms with Crippen LogP contribution in [0.25, 0.3) is 0 Å². The third kappa shape index (κ3) is 3.29. The number of rotatable bonds is 6. The molecule has 0 amide bonds. The molecule has 108 valence electrons. The molecule has 0 aromatic carbocycles. The molecular formula is C13H19N5OS. The van der Waals surface area contributed by atoms with Gasteiger partial charge < -0.3 is 5.73 Å². The summed E-state index contributed by atoms with van der Waals surface area (Å²) in [6.07, 6.45) is 3.51. The number of hydrogen-bond donors (Lipinski definition) is 2. The van der Waals surface area contributed by atoms with Gasteiger partial charge in [0.25, 0.3) is 0 Å². The normalized spacial score (nSPS) is 12.6. The first-order valence-electron chi connectivity index (χ1n) is 6.70. The zero-order valence-electron chi connectivity index (χ0n) is 11.7. The highest BCUT2D eigenvalue weighted by Crippen LogP contribution is 2.25. The van der Waals surface area contributed by atoms with Crippen molar-refractivity contribution in [1.82, 2.24) is 19.7 Å². The second-order valence-electron chi connectivity index (χ2n) is 4.50. The van der Waals surface area contributed by atoms with Crippen LogP contribution in [-0.2, 0) is 6.54 Å². The highest BCUT2D eigenvalue weighted by Gasteiger charge is 2.10. The Balaban J connectivity index is 2.16. The van der Waals surface area contributed by atoms with Crippen LogP contribution < -0.4 is 11.4 Å². The summed E-state index contributed by atoms with van der Waals surface area (Å²) in [5, 5.41) is 7.18. The molecule has 2 heterocycles. The van der Waals surface area contributed by atoms with E-state index < -0.39 is 0 Å². The molecule has 2 aromatic heterocycles. The summed E-state index contributed by atoms with van der Waals surface area (Å²) in [5.41, 5.74) is 6.64. The maximum Gasteiger partial charge on any atom is 0.343 e. The van der Waals surface area contributed by atoms with Crippen molar-refractivity contribution in [2.24, 2.45) is 5.73 Å². The second kappa shape index (κ2) is 6.71. The van der Waals surface area contributed by atoms with E-state index in [1.807, 2.05) is 26.0 Å². The highest BCUT2D eigenvalue weighted by molar-refractivity contribution is 7.99. The Labute approximate surface area is 121 Å². The van der Waals surface area contributed by atoms with Gasteiger partial charge in [0, 0.05) is 23.7 Å². The second-order valence-corrected chi connectivity index (χ2v) is 5.54. The zero-order valence-corrected chi connectivity index (χ0v) is 12.5. The van der Waals surface area contributed by atoms with Crippen molar-refractivity contribution in [2.45, 2.75) is 49.3 Å². The van der Waals surface area contributed by atoms with E-state index in [2.05, 4.69) is 15.2 Å². The molecule has 0 unspecified atom stereocenters. The summed E-state index contributed by atoms with van der Waals surface area (Å²) in [6, 6.07) is 3.85. The Kier molecular flexibility index (Phi) is 4.97. The minimum Gasteiger partial charge on any atom is -0.323 e. The fraction of sp³-hybridized carbons (Fsp3) is 0.462. The molecule has 6 nitrogen and oxygen atoms in total. The lowest BCUT2D eigenvalue weighted by Gasteiger charge is -2.08. The van der Waals surface area contributed by atoms with E-state index in [-0.39, 0.29) is 11.7 Å². The quantitative estimate of drug-likeness (QED) is 0.849. The van der Waals surface area contributed by atoms with Crippen LogP contribution in [0.2, 0.25) is 0 Å². The smallest absolute Gasteiger partial charge is 0.323 e. The zero-order chi connectivity index (χ0) is 14.5. The molecule has 0 aliphatic rings. The fourth-order valence-electron chi connectivity index (χ4n) is 1.79. The van der Waals surface area contributed by atoms with E-state index in [0.717, 1.165) is 23.4 Å². The minimum atomic E-state index is -0.174. The van der Waals surface area contributed by atoms with Gasteiger partial charge in [-0.25, -0.2) is 9.89 Å². The van der Waals surface area contributed by atoms with Crippen molar-refractivity contribution in [3.63, 3.8) is 0 Å². The molecule has 0 spiro atoms. The van der Waals surface area contributed by atoms with Crippen molar-refractivity contribution in [3.05, 3.63) is 34.5 Å². The topological polar surface area (TPSA) is 89.6 Å². The number of nitrogens with zero attached hydrogens (tertiary/aromatic N) is 3. The number of hydrogen-bond acceptors (Lipinski definition) is 5. The Bertz CT molecular complexity index is 604. The Morgan fingerprint density at radius 3 is 2.85 bits per heavy atom. The predicted molar refractivity (Wildman–Crippen MR) is 78.7 cm³/mol. The van der Waals surface area contributed by atoms with Crippen molar-refractivity contribution in [2.75, 3.05) is 0 Å². The van der Waals surface area contributed by atoms with Crippen LogP contribution in [0.4, 0.5) is 0 Å². The number of aromatic amines is 1. The summed E-state index contributed by atoms with van der Waals surface area (Å²) in [5.74, 6) is 0. The predicted octanol–water partition coefficient (Wildman–Crippen LogP) is 1.94. The van der Waals surface area contributed by atoms with Crippen LogP contribution in [0, 0.1) is 0 Å². The first-order chi connectivity index (χ1) is 9.65. The Hall–Kier alpha value is -1.60. The maximum atomic E-state index is 11.6. The lowest BCUT2D eigenvalue weighted by Crippen LogP contribution is -2.17. The van der Waals surface area contributed by atoms with E-state index >= 15 is 0 Å². The molecule has 0 saturated heterocycles. The monoisotopic (exact) mass is 293 g/mol. The molecule has 0 bridgehead atoms. The molecule has 0 aliphatic heterocycles. The first kappa shape index (κ1) is 14.8. The molecule has 0 saturated carbocycles. The molecule has 20 heavy (non-hydrogen) atoms. The van der Waals surface area contributed by atoms with Crippen LogP contribution >= 0.6 is 11.8 Å². The SMILES string of the molecule is CCCn1c(Sc2ccc([C@@H](N)CC)nc2)n[nH]c1=O. The number of aromatic nitrogens is 4. The lowest BCUT2D eigenvalue weighted by atomic mass is 10.1. The van der Waals surface area contributed by atoms with E-state index in [4.69, 9.17) is 5.73 Å². The number of pyridine rings is 1. The van der Waals surface area contributed by atoms with Crippen molar-refractivity contribution >= 4 is 11.8 Å². The average molecular weight is 293 g/mol. The van der Waals surface area contributed by atoms with Gasteiger partial charge in [0.1, 0.15) is 0 Å². The van der Waals surface area contributed by atoms with Crippen LogP contribution in [0.15, 0.2) is 33.2 Å². The molecule has 7 heteroatoms. The van der Waals surface area contributed by atoms with Crippen LogP contribution in [-0.4, -0.2) is 19.7 Å². The summed E-state index contributed by atoms with van der Waals surface area (Å²) >= 11 is 1.42.